The van der Waals surface area contributed by atoms with E-state index in [-0.39, 0.29) is 18.4 Å². The van der Waals surface area contributed by atoms with Gasteiger partial charge < -0.3 is 15.2 Å². The van der Waals surface area contributed by atoms with Crippen molar-refractivity contribution in [2.45, 2.75) is 31.5 Å². The van der Waals surface area contributed by atoms with Gasteiger partial charge in [0.05, 0.1) is 6.54 Å². The molecule has 24 heavy (non-hydrogen) atoms. The van der Waals surface area contributed by atoms with Crippen LogP contribution in [0.25, 0.3) is 0 Å². The lowest BCUT2D eigenvalue weighted by molar-refractivity contribution is -0.128. The standard InChI is InChI=1S/C20H23NO3/c1-15(24-18-10-6-3-7-11-18)19(22)21-14-20(23,17-12-13-17)16-8-4-2-5-9-16/h2-11,15,17,23H,12-14H2,1H3,(H,21,22)/t15-,20-/m1/s1. The number of hydrogen-bond donors (Lipinski definition) is 2. The van der Waals surface area contributed by atoms with Gasteiger partial charge in [0, 0.05) is 0 Å². The molecule has 1 aliphatic carbocycles. The van der Waals surface area contributed by atoms with E-state index in [0.717, 1.165) is 18.4 Å². The molecule has 4 heteroatoms. The van der Waals surface area contributed by atoms with Crippen LogP contribution in [0.1, 0.15) is 25.3 Å². The number of nitrogens with one attached hydrogen (secondary N) is 1. The summed E-state index contributed by atoms with van der Waals surface area (Å²) in [6.45, 7) is 1.91. The topological polar surface area (TPSA) is 58.6 Å². The number of para-hydroxylation sites is 1. The molecule has 1 aliphatic rings. The largest absolute Gasteiger partial charge is 0.481 e. The number of hydrogen-bond acceptors (Lipinski definition) is 3. The number of rotatable bonds is 7. The molecule has 2 aromatic rings. The maximum atomic E-state index is 12.3. The van der Waals surface area contributed by atoms with Crippen molar-refractivity contribution in [3.05, 3.63) is 66.2 Å². The van der Waals surface area contributed by atoms with Crippen molar-refractivity contribution >= 4 is 5.91 Å². The third kappa shape index (κ3) is 3.77. The molecule has 4 nitrogen and oxygen atoms in total. The quantitative estimate of drug-likeness (QED) is 0.823. The number of carbonyl (C=O) groups is 1. The summed E-state index contributed by atoms with van der Waals surface area (Å²) in [5, 5.41) is 13.9. The minimum atomic E-state index is -1.01. The van der Waals surface area contributed by atoms with Gasteiger partial charge in [-0.3, -0.25) is 4.79 Å². The maximum absolute atomic E-state index is 12.3. The lowest BCUT2D eigenvalue weighted by atomic mass is 9.88. The molecule has 0 bridgehead atoms. The highest BCUT2D eigenvalue weighted by Gasteiger charge is 2.45. The molecular weight excluding hydrogens is 302 g/mol. The molecule has 3 rings (SSSR count). The third-order valence-corrected chi connectivity index (χ3v) is 4.48. The van der Waals surface area contributed by atoms with Crippen LogP contribution in [0.2, 0.25) is 0 Å². The van der Waals surface area contributed by atoms with E-state index >= 15 is 0 Å². The van der Waals surface area contributed by atoms with Gasteiger partial charge in [0.15, 0.2) is 6.10 Å². The highest BCUT2D eigenvalue weighted by molar-refractivity contribution is 5.80. The Kier molecular flexibility index (Phi) is 4.86. The normalized spacial score (nSPS) is 17.6. The summed E-state index contributed by atoms with van der Waals surface area (Å²) in [7, 11) is 0. The summed E-state index contributed by atoms with van der Waals surface area (Å²) in [5.74, 6) is 0.625. The maximum Gasteiger partial charge on any atom is 0.260 e. The van der Waals surface area contributed by atoms with Gasteiger partial charge in [0.1, 0.15) is 11.4 Å². The molecule has 1 amide bonds. The molecule has 0 spiro atoms. The highest BCUT2D eigenvalue weighted by atomic mass is 16.5. The first kappa shape index (κ1) is 16.5. The first-order valence-electron chi connectivity index (χ1n) is 8.37. The Bertz CT molecular complexity index is 670. The Morgan fingerprint density at radius 3 is 2.33 bits per heavy atom. The molecular formula is C20H23NO3. The van der Waals surface area contributed by atoms with E-state index in [9.17, 15) is 9.90 Å². The summed E-state index contributed by atoms with van der Waals surface area (Å²) in [6.07, 6.45) is 1.35. The fourth-order valence-electron chi connectivity index (χ4n) is 2.89. The second-order valence-corrected chi connectivity index (χ2v) is 6.36. The van der Waals surface area contributed by atoms with Crippen LogP contribution in [0.15, 0.2) is 60.7 Å². The van der Waals surface area contributed by atoms with E-state index in [1.807, 2.05) is 60.7 Å². The summed E-state index contributed by atoms with van der Waals surface area (Å²) in [4.78, 5) is 12.3. The van der Waals surface area contributed by atoms with Gasteiger partial charge >= 0.3 is 0 Å². The van der Waals surface area contributed by atoms with E-state index in [1.54, 1.807) is 6.92 Å². The number of carbonyl (C=O) groups excluding carboxylic acids is 1. The van der Waals surface area contributed by atoms with Gasteiger partial charge in [-0.05, 0) is 43.4 Å². The van der Waals surface area contributed by atoms with E-state index in [4.69, 9.17) is 4.74 Å². The average molecular weight is 325 g/mol. The molecule has 0 aliphatic heterocycles. The second kappa shape index (κ2) is 7.05. The number of aliphatic hydroxyl groups is 1. The number of amides is 1. The summed E-state index contributed by atoms with van der Waals surface area (Å²) in [6, 6.07) is 18.8. The van der Waals surface area contributed by atoms with Crippen molar-refractivity contribution in [3.63, 3.8) is 0 Å². The lowest BCUT2D eigenvalue weighted by Gasteiger charge is -2.29. The molecule has 0 heterocycles. The minimum absolute atomic E-state index is 0.197. The minimum Gasteiger partial charge on any atom is -0.481 e. The Morgan fingerprint density at radius 2 is 1.75 bits per heavy atom. The summed E-state index contributed by atoms with van der Waals surface area (Å²) < 4.78 is 5.63. The molecule has 2 atom stereocenters. The van der Waals surface area contributed by atoms with Crippen LogP contribution < -0.4 is 10.1 Å². The first-order valence-corrected chi connectivity index (χ1v) is 8.37. The molecule has 0 saturated heterocycles. The predicted molar refractivity (Wildman–Crippen MR) is 92.6 cm³/mol. The lowest BCUT2D eigenvalue weighted by Crippen LogP contribution is -2.46. The van der Waals surface area contributed by atoms with Gasteiger partial charge in [-0.15, -0.1) is 0 Å². The predicted octanol–water partition coefficient (Wildman–Crippen LogP) is 2.87. The fourth-order valence-corrected chi connectivity index (χ4v) is 2.89. The monoisotopic (exact) mass is 325 g/mol. The van der Waals surface area contributed by atoms with Crippen molar-refractivity contribution in [3.8, 4) is 5.75 Å². The molecule has 0 unspecified atom stereocenters. The first-order chi connectivity index (χ1) is 11.6. The molecule has 1 saturated carbocycles. The van der Waals surface area contributed by atoms with E-state index in [0.29, 0.717) is 5.75 Å². The Labute approximate surface area is 142 Å². The summed E-state index contributed by atoms with van der Waals surface area (Å²) >= 11 is 0. The average Bonchev–Trinajstić information content (AvgIpc) is 3.46. The Morgan fingerprint density at radius 1 is 1.17 bits per heavy atom. The zero-order valence-corrected chi connectivity index (χ0v) is 13.8. The molecule has 1 fully saturated rings. The molecule has 126 valence electrons. The van der Waals surface area contributed by atoms with Crippen molar-refractivity contribution in [2.24, 2.45) is 5.92 Å². The smallest absolute Gasteiger partial charge is 0.260 e. The highest BCUT2D eigenvalue weighted by Crippen LogP contribution is 2.45. The third-order valence-electron chi connectivity index (χ3n) is 4.48. The van der Waals surface area contributed by atoms with Crippen LogP contribution >= 0.6 is 0 Å². The van der Waals surface area contributed by atoms with Crippen LogP contribution in [0.5, 0.6) is 5.75 Å². The van der Waals surface area contributed by atoms with Crippen LogP contribution in [0, 0.1) is 5.92 Å². The van der Waals surface area contributed by atoms with Crippen molar-refractivity contribution in [1.82, 2.24) is 5.32 Å². The van der Waals surface area contributed by atoms with Gasteiger partial charge in [0.25, 0.3) is 5.91 Å². The van der Waals surface area contributed by atoms with Crippen molar-refractivity contribution < 1.29 is 14.6 Å². The van der Waals surface area contributed by atoms with E-state index in [1.165, 1.54) is 0 Å². The zero-order valence-electron chi connectivity index (χ0n) is 13.8. The van der Waals surface area contributed by atoms with Crippen LogP contribution in [-0.4, -0.2) is 23.7 Å². The molecule has 2 aromatic carbocycles. The molecule has 2 N–H and O–H groups in total. The van der Waals surface area contributed by atoms with Crippen molar-refractivity contribution in [1.29, 1.82) is 0 Å². The molecule has 0 radical (unpaired) electrons. The van der Waals surface area contributed by atoms with Crippen LogP contribution in [0.3, 0.4) is 0 Å². The van der Waals surface area contributed by atoms with Crippen molar-refractivity contribution in [2.75, 3.05) is 6.54 Å². The molecule has 0 aromatic heterocycles. The van der Waals surface area contributed by atoms with Gasteiger partial charge in [0.2, 0.25) is 0 Å². The number of ether oxygens (including phenoxy) is 1. The SMILES string of the molecule is C[C@@H](Oc1ccccc1)C(=O)NC[C@@](O)(c1ccccc1)C1CC1. The van der Waals surface area contributed by atoms with Crippen LogP contribution in [-0.2, 0) is 10.4 Å². The summed E-state index contributed by atoms with van der Waals surface area (Å²) in [5.41, 5.74) is -0.159. The zero-order chi connectivity index (χ0) is 17.0. The van der Waals surface area contributed by atoms with Crippen LogP contribution in [0.4, 0.5) is 0 Å². The van der Waals surface area contributed by atoms with E-state index in [2.05, 4.69) is 5.32 Å². The van der Waals surface area contributed by atoms with E-state index < -0.39 is 11.7 Å². The fraction of sp³-hybridized carbons (Fsp3) is 0.350. The number of benzene rings is 2. The Balaban J connectivity index is 1.61. The Hall–Kier alpha value is -2.33. The second-order valence-electron chi connectivity index (χ2n) is 6.36. The van der Waals surface area contributed by atoms with Gasteiger partial charge in [-0.2, -0.15) is 0 Å². The van der Waals surface area contributed by atoms with Gasteiger partial charge in [-0.25, -0.2) is 0 Å². The van der Waals surface area contributed by atoms with Gasteiger partial charge in [-0.1, -0.05) is 48.5 Å².